The number of ether oxygens (including phenoxy) is 1. The first-order chi connectivity index (χ1) is 11.2. The average Bonchev–Trinajstić information content (AvgIpc) is 2.52. The summed E-state index contributed by atoms with van der Waals surface area (Å²) in [7, 11) is 0. The summed E-state index contributed by atoms with van der Waals surface area (Å²) in [4.78, 5) is 18.7. The van der Waals surface area contributed by atoms with Crippen LogP contribution in [0.25, 0.3) is 11.1 Å². The highest BCUT2D eigenvalue weighted by Gasteiger charge is 2.30. The van der Waals surface area contributed by atoms with E-state index in [-0.39, 0.29) is 24.4 Å². The Morgan fingerprint density at radius 2 is 1.62 bits per heavy atom. The van der Waals surface area contributed by atoms with Crippen molar-refractivity contribution < 1.29 is 31.5 Å². The van der Waals surface area contributed by atoms with Crippen molar-refractivity contribution in [1.29, 1.82) is 0 Å². The second-order valence-corrected chi connectivity index (χ2v) is 4.73. The molecule has 0 saturated carbocycles. The van der Waals surface area contributed by atoms with Gasteiger partial charge in [-0.1, -0.05) is 12.1 Å². The molecule has 1 heterocycles. The first kappa shape index (κ1) is 17.8. The first-order valence-corrected chi connectivity index (χ1v) is 6.72. The molecule has 4 nitrogen and oxygen atoms in total. The van der Waals surface area contributed by atoms with Crippen LogP contribution < -0.4 is 4.74 Å². The number of hydrogen-bond donors (Lipinski definition) is 0. The Balaban J connectivity index is 2.01. The van der Waals surface area contributed by atoms with Gasteiger partial charge in [-0.15, -0.1) is 13.2 Å². The van der Waals surface area contributed by atoms with E-state index in [1.54, 1.807) is 0 Å². The van der Waals surface area contributed by atoms with E-state index >= 15 is 0 Å². The predicted molar refractivity (Wildman–Crippen MR) is 73.5 cm³/mol. The minimum absolute atomic E-state index is 0.0121. The third-order valence-corrected chi connectivity index (χ3v) is 2.96. The lowest BCUT2D eigenvalue weighted by molar-refractivity contribution is -0.274. The molecule has 0 spiro atoms. The lowest BCUT2D eigenvalue weighted by Crippen LogP contribution is -2.16. The first-order valence-electron chi connectivity index (χ1n) is 6.72. The fourth-order valence-electron chi connectivity index (χ4n) is 1.83. The third kappa shape index (κ3) is 5.25. The zero-order chi connectivity index (χ0) is 17.7. The molecule has 0 aliphatic heterocycles. The number of ketones is 1. The molecule has 0 atom stereocenters. The van der Waals surface area contributed by atoms with Crippen molar-refractivity contribution in [3.05, 3.63) is 42.5 Å². The molecule has 0 radical (unpaired) electrons. The lowest BCUT2D eigenvalue weighted by Gasteiger charge is -2.09. The Morgan fingerprint density at radius 3 is 2.12 bits per heavy atom. The Bertz CT molecular complexity index is 685. The van der Waals surface area contributed by atoms with E-state index in [0.29, 0.717) is 11.1 Å². The summed E-state index contributed by atoms with van der Waals surface area (Å²) in [6.07, 6.45) is -5.35. The Labute approximate surface area is 133 Å². The molecule has 0 aliphatic rings. The van der Waals surface area contributed by atoms with E-state index in [0.717, 1.165) is 12.1 Å². The van der Waals surface area contributed by atoms with E-state index in [1.807, 2.05) is 0 Å². The summed E-state index contributed by atoms with van der Waals surface area (Å²) in [6.45, 7) is 0. The van der Waals surface area contributed by atoms with Crippen LogP contribution in [-0.4, -0.2) is 28.5 Å². The molecular formula is C15H11F5N2O2. The standard InChI is InChI=1S/C15H11F5N2O2/c16-14(17)12(23)5-6-13-21-7-10(8-22-13)9-1-3-11(4-2-9)24-15(18,19)20/h1-4,7-8,14H,5-6H2. The van der Waals surface area contributed by atoms with Crippen LogP contribution in [0.4, 0.5) is 22.0 Å². The van der Waals surface area contributed by atoms with Gasteiger partial charge in [-0.2, -0.15) is 0 Å². The number of Topliss-reactive ketones (excluding diaryl/α,β-unsaturated/α-hetero) is 1. The Hall–Kier alpha value is -2.58. The maximum atomic E-state index is 12.1. The van der Waals surface area contributed by atoms with Crippen molar-refractivity contribution in [3.8, 4) is 16.9 Å². The smallest absolute Gasteiger partial charge is 0.406 e. The Kier molecular flexibility index (Phi) is 5.42. The number of rotatable bonds is 6. The fourth-order valence-corrected chi connectivity index (χ4v) is 1.83. The molecule has 0 unspecified atom stereocenters. The second kappa shape index (κ2) is 7.33. The van der Waals surface area contributed by atoms with E-state index in [4.69, 9.17) is 0 Å². The molecule has 2 rings (SSSR count). The number of hydrogen-bond acceptors (Lipinski definition) is 4. The van der Waals surface area contributed by atoms with Gasteiger partial charge in [0.15, 0.2) is 5.78 Å². The highest BCUT2D eigenvalue weighted by Crippen LogP contribution is 2.26. The molecule has 1 aromatic heterocycles. The van der Waals surface area contributed by atoms with Crippen molar-refractivity contribution in [1.82, 2.24) is 9.97 Å². The number of nitrogens with zero attached hydrogens (tertiary/aromatic N) is 2. The largest absolute Gasteiger partial charge is 0.573 e. The summed E-state index contributed by atoms with van der Waals surface area (Å²) in [6, 6.07) is 5.11. The SMILES string of the molecule is O=C(CCc1ncc(-c2ccc(OC(F)(F)F)cc2)cn1)C(F)F. The maximum absolute atomic E-state index is 12.1. The summed E-state index contributed by atoms with van der Waals surface area (Å²) in [5, 5.41) is 0. The van der Waals surface area contributed by atoms with Gasteiger partial charge in [0.1, 0.15) is 11.6 Å². The summed E-state index contributed by atoms with van der Waals surface area (Å²) in [5.74, 6) is -1.30. The number of halogens is 5. The van der Waals surface area contributed by atoms with Crippen LogP contribution in [0.15, 0.2) is 36.7 Å². The van der Waals surface area contributed by atoms with Gasteiger partial charge in [0.05, 0.1) is 0 Å². The fraction of sp³-hybridized carbons (Fsp3) is 0.267. The minimum Gasteiger partial charge on any atom is -0.406 e. The predicted octanol–water partition coefficient (Wildman–Crippen LogP) is 3.81. The monoisotopic (exact) mass is 346 g/mol. The van der Waals surface area contributed by atoms with Gasteiger partial charge < -0.3 is 4.74 Å². The molecule has 0 bridgehead atoms. The molecule has 24 heavy (non-hydrogen) atoms. The zero-order valence-corrected chi connectivity index (χ0v) is 12.1. The van der Waals surface area contributed by atoms with Gasteiger partial charge in [0, 0.05) is 30.8 Å². The van der Waals surface area contributed by atoms with E-state index in [9.17, 15) is 26.7 Å². The zero-order valence-electron chi connectivity index (χ0n) is 12.1. The number of carbonyl (C=O) groups is 1. The van der Waals surface area contributed by atoms with E-state index < -0.39 is 18.6 Å². The number of aromatic nitrogens is 2. The van der Waals surface area contributed by atoms with Gasteiger partial charge in [0.2, 0.25) is 0 Å². The molecular weight excluding hydrogens is 335 g/mol. The van der Waals surface area contributed by atoms with Gasteiger partial charge in [-0.25, -0.2) is 18.7 Å². The quantitative estimate of drug-likeness (QED) is 0.747. The summed E-state index contributed by atoms with van der Waals surface area (Å²) < 4.78 is 64.1. The van der Waals surface area contributed by atoms with Crippen LogP contribution in [0.1, 0.15) is 12.2 Å². The van der Waals surface area contributed by atoms with Crippen LogP contribution in [0, 0.1) is 0 Å². The van der Waals surface area contributed by atoms with Crippen molar-refractivity contribution >= 4 is 5.78 Å². The van der Waals surface area contributed by atoms with Crippen molar-refractivity contribution in [2.75, 3.05) is 0 Å². The number of alkyl halides is 5. The lowest BCUT2D eigenvalue weighted by atomic mass is 10.1. The molecule has 128 valence electrons. The minimum atomic E-state index is -4.76. The van der Waals surface area contributed by atoms with Crippen LogP contribution in [-0.2, 0) is 11.2 Å². The number of benzene rings is 1. The van der Waals surface area contributed by atoms with Crippen LogP contribution in [0.3, 0.4) is 0 Å². The number of carbonyl (C=O) groups excluding carboxylic acids is 1. The van der Waals surface area contributed by atoms with Crippen molar-refractivity contribution in [3.63, 3.8) is 0 Å². The van der Waals surface area contributed by atoms with Gasteiger partial charge in [-0.3, -0.25) is 4.79 Å². The Morgan fingerprint density at radius 1 is 1.04 bits per heavy atom. The number of aryl methyl sites for hydroxylation is 1. The molecule has 0 aliphatic carbocycles. The van der Waals surface area contributed by atoms with E-state index in [2.05, 4.69) is 14.7 Å². The highest BCUT2D eigenvalue weighted by atomic mass is 19.4. The van der Waals surface area contributed by atoms with Crippen molar-refractivity contribution in [2.24, 2.45) is 0 Å². The molecule has 9 heteroatoms. The normalized spacial score (nSPS) is 11.6. The van der Waals surface area contributed by atoms with Crippen LogP contribution in [0.2, 0.25) is 0 Å². The highest BCUT2D eigenvalue weighted by molar-refractivity contribution is 5.81. The van der Waals surface area contributed by atoms with Gasteiger partial charge >= 0.3 is 6.36 Å². The van der Waals surface area contributed by atoms with Crippen LogP contribution >= 0.6 is 0 Å². The van der Waals surface area contributed by atoms with E-state index in [1.165, 1.54) is 24.5 Å². The topological polar surface area (TPSA) is 52.1 Å². The molecule has 0 fully saturated rings. The summed E-state index contributed by atoms with van der Waals surface area (Å²) in [5.41, 5.74) is 1.08. The third-order valence-electron chi connectivity index (χ3n) is 2.96. The maximum Gasteiger partial charge on any atom is 0.573 e. The van der Waals surface area contributed by atoms with Gasteiger partial charge in [-0.05, 0) is 17.7 Å². The van der Waals surface area contributed by atoms with Crippen molar-refractivity contribution in [2.45, 2.75) is 25.6 Å². The molecule has 1 aromatic carbocycles. The van der Waals surface area contributed by atoms with Gasteiger partial charge in [0.25, 0.3) is 6.43 Å². The molecule has 0 amide bonds. The molecule has 0 saturated heterocycles. The second-order valence-electron chi connectivity index (χ2n) is 4.73. The summed E-state index contributed by atoms with van der Waals surface area (Å²) >= 11 is 0. The average molecular weight is 346 g/mol. The molecule has 2 aromatic rings. The van der Waals surface area contributed by atoms with Crippen LogP contribution in [0.5, 0.6) is 5.75 Å². The molecule has 0 N–H and O–H groups in total.